The van der Waals surface area contributed by atoms with Crippen molar-refractivity contribution in [1.82, 2.24) is 0 Å². The molecule has 0 aliphatic rings. The Kier molecular flexibility index (Phi) is 4.29. The zero-order chi connectivity index (χ0) is 13.3. The van der Waals surface area contributed by atoms with Crippen molar-refractivity contribution in [1.29, 1.82) is 0 Å². The normalized spacial score (nSPS) is 12.5. The first-order valence-corrected chi connectivity index (χ1v) is 7.67. The molecule has 0 aliphatic carbocycles. The van der Waals surface area contributed by atoms with Crippen LogP contribution < -0.4 is 0 Å². The Morgan fingerprint density at radius 2 is 1.39 bits per heavy atom. The Bertz CT molecular complexity index is 522. The first kappa shape index (κ1) is 13.8. The van der Waals surface area contributed by atoms with Crippen molar-refractivity contribution < 1.29 is 0 Å². The van der Waals surface area contributed by atoms with Gasteiger partial charge in [-0.3, -0.25) is 0 Å². The summed E-state index contributed by atoms with van der Waals surface area (Å²) >= 11 is 7.34. The van der Waals surface area contributed by atoms with Crippen molar-refractivity contribution in [3.63, 3.8) is 0 Å². The summed E-state index contributed by atoms with van der Waals surface area (Å²) in [5, 5.41) is 0. The van der Waals surface area contributed by atoms with E-state index in [1.165, 1.54) is 27.8 Å². The van der Waals surface area contributed by atoms with Crippen molar-refractivity contribution in [2.45, 2.75) is 25.6 Å². The fourth-order valence-electron chi connectivity index (χ4n) is 2.20. The molecular formula is C16H16Br2. The summed E-state index contributed by atoms with van der Waals surface area (Å²) in [5.41, 5.74) is 6.60. The molecule has 0 amide bonds. The highest BCUT2D eigenvalue weighted by Crippen LogP contribution is 2.35. The van der Waals surface area contributed by atoms with E-state index in [1.807, 2.05) is 0 Å². The molecular weight excluding hydrogens is 352 g/mol. The van der Waals surface area contributed by atoms with Gasteiger partial charge in [-0.25, -0.2) is 0 Å². The molecule has 0 heterocycles. The van der Waals surface area contributed by atoms with Gasteiger partial charge in [0.2, 0.25) is 0 Å². The maximum absolute atomic E-state index is 3.83. The molecule has 0 saturated heterocycles. The average molecular weight is 368 g/mol. The number of hydrogen-bond acceptors (Lipinski definition) is 0. The molecule has 18 heavy (non-hydrogen) atoms. The Morgan fingerprint density at radius 3 is 1.94 bits per heavy atom. The Balaban J connectivity index is 2.44. The maximum Gasteiger partial charge on any atom is 0.0649 e. The van der Waals surface area contributed by atoms with Crippen molar-refractivity contribution in [2.24, 2.45) is 0 Å². The predicted molar refractivity (Wildman–Crippen MR) is 85.6 cm³/mol. The predicted octanol–water partition coefficient (Wildman–Crippen LogP) is 5.86. The third-order valence-electron chi connectivity index (χ3n) is 3.20. The lowest BCUT2D eigenvalue weighted by Crippen LogP contribution is -1.98. The smallest absolute Gasteiger partial charge is 0.0649 e. The summed E-state index contributed by atoms with van der Waals surface area (Å²) < 4.78 is 1.13. The van der Waals surface area contributed by atoms with E-state index in [2.05, 4.69) is 89.0 Å². The third-order valence-corrected chi connectivity index (χ3v) is 4.68. The van der Waals surface area contributed by atoms with Crippen LogP contribution in [0.2, 0.25) is 0 Å². The quantitative estimate of drug-likeness (QED) is 0.583. The maximum atomic E-state index is 3.83. The second kappa shape index (κ2) is 5.58. The minimum atomic E-state index is 0.256. The van der Waals surface area contributed by atoms with E-state index in [4.69, 9.17) is 0 Å². The average Bonchev–Trinajstić information content (AvgIpc) is 2.28. The van der Waals surface area contributed by atoms with Gasteiger partial charge in [0.25, 0.3) is 0 Å². The molecule has 2 aromatic rings. The summed E-state index contributed by atoms with van der Waals surface area (Å²) in [6.45, 7) is 6.45. The van der Waals surface area contributed by atoms with Crippen LogP contribution in [0.3, 0.4) is 0 Å². The van der Waals surface area contributed by atoms with Crippen LogP contribution in [0.1, 0.15) is 32.6 Å². The molecule has 0 bridgehead atoms. The van der Waals surface area contributed by atoms with E-state index in [-0.39, 0.29) is 4.83 Å². The lowest BCUT2D eigenvalue weighted by atomic mass is 9.96. The standard InChI is InChI=1S/C16H16Br2/c1-10-4-6-14(11(2)8-10)16(18)15-7-5-13(17)9-12(15)3/h4-9,16H,1-3H3. The third kappa shape index (κ3) is 2.86. The second-order valence-electron chi connectivity index (χ2n) is 4.72. The Morgan fingerprint density at radius 1 is 0.833 bits per heavy atom. The van der Waals surface area contributed by atoms with Gasteiger partial charge in [-0.15, -0.1) is 0 Å². The zero-order valence-corrected chi connectivity index (χ0v) is 14.0. The first-order valence-electron chi connectivity index (χ1n) is 5.96. The number of hydrogen-bond donors (Lipinski definition) is 0. The molecule has 0 nitrogen and oxygen atoms in total. The van der Waals surface area contributed by atoms with Gasteiger partial charge >= 0.3 is 0 Å². The van der Waals surface area contributed by atoms with E-state index in [1.54, 1.807) is 0 Å². The summed E-state index contributed by atoms with van der Waals surface area (Å²) in [4.78, 5) is 0.256. The molecule has 0 aliphatic heterocycles. The van der Waals surface area contributed by atoms with Crippen LogP contribution in [0, 0.1) is 20.8 Å². The van der Waals surface area contributed by atoms with E-state index in [0.717, 1.165) is 4.47 Å². The van der Waals surface area contributed by atoms with Crippen LogP contribution in [0.25, 0.3) is 0 Å². The fraction of sp³-hybridized carbons (Fsp3) is 0.250. The number of rotatable bonds is 2. The van der Waals surface area contributed by atoms with Crippen molar-refractivity contribution in [2.75, 3.05) is 0 Å². The second-order valence-corrected chi connectivity index (χ2v) is 6.55. The van der Waals surface area contributed by atoms with Crippen LogP contribution in [0.4, 0.5) is 0 Å². The van der Waals surface area contributed by atoms with Crippen LogP contribution in [0.15, 0.2) is 40.9 Å². The topological polar surface area (TPSA) is 0 Å². The molecule has 2 aromatic carbocycles. The van der Waals surface area contributed by atoms with Gasteiger partial charge in [-0.05, 0) is 55.2 Å². The summed E-state index contributed by atoms with van der Waals surface area (Å²) in [5.74, 6) is 0. The number of benzene rings is 2. The highest BCUT2D eigenvalue weighted by Gasteiger charge is 2.14. The van der Waals surface area contributed by atoms with Gasteiger partial charge < -0.3 is 0 Å². The van der Waals surface area contributed by atoms with Crippen LogP contribution >= 0.6 is 31.9 Å². The summed E-state index contributed by atoms with van der Waals surface area (Å²) in [6, 6.07) is 13.1. The molecule has 2 heteroatoms. The molecule has 1 unspecified atom stereocenters. The number of halogens is 2. The van der Waals surface area contributed by atoms with Gasteiger partial charge in [0.05, 0.1) is 4.83 Å². The molecule has 2 rings (SSSR count). The minimum absolute atomic E-state index is 0.256. The van der Waals surface area contributed by atoms with E-state index in [0.29, 0.717) is 0 Å². The number of alkyl halides is 1. The van der Waals surface area contributed by atoms with Crippen molar-refractivity contribution in [3.8, 4) is 0 Å². The highest BCUT2D eigenvalue weighted by molar-refractivity contribution is 9.10. The molecule has 0 saturated carbocycles. The lowest BCUT2D eigenvalue weighted by Gasteiger charge is -2.16. The van der Waals surface area contributed by atoms with E-state index in [9.17, 15) is 0 Å². The molecule has 1 atom stereocenters. The summed E-state index contributed by atoms with van der Waals surface area (Å²) in [6.07, 6.45) is 0. The Hall–Kier alpha value is -0.600. The van der Waals surface area contributed by atoms with Crippen LogP contribution in [-0.4, -0.2) is 0 Å². The van der Waals surface area contributed by atoms with Gasteiger partial charge in [-0.1, -0.05) is 61.7 Å². The van der Waals surface area contributed by atoms with Crippen LogP contribution in [0.5, 0.6) is 0 Å². The molecule has 0 radical (unpaired) electrons. The van der Waals surface area contributed by atoms with Gasteiger partial charge in [-0.2, -0.15) is 0 Å². The van der Waals surface area contributed by atoms with E-state index < -0.39 is 0 Å². The SMILES string of the molecule is Cc1ccc(C(Br)c2ccc(Br)cc2C)c(C)c1. The highest BCUT2D eigenvalue weighted by atomic mass is 79.9. The van der Waals surface area contributed by atoms with Gasteiger partial charge in [0.15, 0.2) is 0 Å². The molecule has 0 aromatic heterocycles. The Labute approximate surface area is 126 Å². The van der Waals surface area contributed by atoms with Crippen LogP contribution in [-0.2, 0) is 0 Å². The van der Waals surface area contributed by atoms with Crippen molar-refractivity contribution in [3.05, 3.63) is 68.7 Å². The molecule has 0 fully saturated rings. The minimum Gasteiger partial charge on any atom is -0.0786 e. The first-order chi connectivity index (χ1) is 8.49. The molecule has 0 spiro atoms. The lowest BCUT2D eigenvalue weighted by molar-refractivity contribution is 1.11. The monoisotopic (exact) mass is 366 g/mol. The van der Waals surface area contributed by atoms with E-state index >= 15 is 0 Å². The molecule has 0 N–H and O–H groups in total. The largest absolute Gasteiger partial charge is 0.0786 e. The number of aryl methyl sites for hydroxylation is 3. The van der Waals surface area contributed by atoms with Crippen molar-refractivity contribution >= 4 is 31.9 Å². The summed E-state index contributed by atoms with van der Waals surface area (Å²) in [7, 11) is 0. The zero-order valence-electron chi connectivity index (χ0n) is 10.8. The van der Waals surface area contributed by atoms with Gasteiger partial charge in [0, 0.05) is 4.47 Å². The van der Waals surface area contributed by atoms with Gasteiger partial charge in [0.1, 0.15) is 0 Å². The molecule has 94 valence electrons. The fourth-order valence-corrected chi connectivity index (χ4v) is 3.70.